The molecule has 4 heteroatoms. The number of nitrogens with one attached hydrogen (secondary N) is 1. The average molecular weight is 256 g/mol. The molecule has 0 atom stereocenters. The number of pyridine rings is 1. The Morgan fingerprint density at radius 3 is 3.11 bits per heavy atom. The molecule has 2 heterocycles. The van der Waals surface area contributed by atoms with Crippen molar-refractivity contribution in [2.24, 2.45) is 0 Å². The lowest BCUT2D eigenvalue weighted by Gasteiger charge is -2.26. The molecule has 0 fully saturated rings. The highest BCUT2D eigenvalue weighted by molar-refractivity contribution is 5.79. The monoisotopic (exact) mass is 256 g/mol. The highest BCUT2D eigenvalue weighted by Gasteiger charge is 2.20. The van der Waals surface area contributed by atoms with Crippen molar-refractivity contribution in [3.05, 3.63) is 45.5 Å². The van der Waals surface area contributed by atoms with Gasteiger partial charge in [0.25, 0.3) is 0 Å². The summed E-state index contributed by atoms with van der Waals surface area (Å²) in [5.74, 6) is 2.19. The first-order chi connectivity index (χ1) is 9.19. The molecule has 19 heavy (non-hydrogen) atoms. The highest BCUT2D eigenvalue weighted by atomic mass is 19.1. The molecule has 1 aromatic carbocycles. The summed E-state index contributed by atoms with van der Waals surface area (Å²) < 4.78 is 13.3. The van der Waals surface area contributed by atoms with Gasteiger partial charge in [0.2, 0.25) is 0 Å². The minimum Gasteiger partial charge on any atom is -0.358 e. The van der Waals surface area contributed by atoms with Crippen molar-refractivity contribution in [3.63, 3.8) is 0 Å². The summed E-state index contributed by atoms with van der Waals surface area (Å²) in [6.07, 6.45) is 6.06. The SMILES string of the molecule is C#CCN1CCc2[nH]c3ccc(F)cc3c(=O)c2C1. The molecule has 0 spiro atoms. The third kappa shape index (κ3) is 2.02. The molecule has 3 nitrogen and oxygen atoms in total. The number of hydrogen-bond acceptors (Lipinski definition) is 2. The first-order valence-electron chi connectivity index (χ1n) is 6.18. The number of hydrogen-bond donors (Lipinski definition) is 1. The van der Waals surface area contributed by atoms with Crippen LogP contribution in [0.4, 0.5) is 4.39 Å². The van der Waals surface area contributed by atoms with Crippen molar-refractivity contribution in [1.29, 1.82) is 0 Å². The van der Waals surface area contributed by atoms with Gasteiger partial charge in [0.05, 0.1) is 6.54 Å². The first-order valence-corrected chi connectivity index (χ1v) is 6.18. The van der Waals surface area contributed by atoms with Crippen LogP contribution in [0.3, 0.4) is 0 Å². The molecule has 1 N–H and O–H groups in total. The molecule has 96 valence electrons. The number of terminal acetylenes is 1. The molecule has 3 rings (SSSR count). The Hall–Kier alpha value is -2.12. The van der Waals surface area contributed by atoms with Crippen LogP contribution in [0.1, 0.15) is 11.3 Å². The van der Waals surface area contributed by atoms with Crippen LogP contribution in [0, 0.1) is 18.2 Å². The lowest BCUT2D eigenvalue weighted by molar-refractivity contribution is 0.283. The fourth-order valence-corrected chi connectivity index (χ4v) is 2.57. The predicted octanol–water partition coefficient (Wildman–Crippen LogP) is 1.66. The van der Waals surface area contributed by atoms with Gasteiger partial charge in [0.15, 0.2) is 5.43 Å². The number of aromatic nitrogens is 1. The molecule has 0 unspecified atom stereocenters. The third-order valence-corrected chi connectivity index (χ3v) is 3.52. The van der Waals surface area contributed by atoms with Gasteiger partial charge in [-0.15, -0.1) is 6.42 Å². The molecule has 1 aliphatic heterocycles. The van der Waals surface area contributed by atoms with Gasteiger partial charge in [0, 0.05) is 41.7 Å². The topological polar surface area (TPSA) is 36.1 Å². The van der Waals surface area contributed by atoms with Gasteiger partial charge in [-0.25, -0.2) is 4.39 Å². The zero-order chi connectivity index (χ0) is 13.4. The number of nitrogens with zero attached hydrogens (tertiary/aromatic N) is 1. The summed E-state index contributed by atoms with van der Waals surface area (Å²) in [5, 5.41) is 0.404. The van der Waals surface area contributed by atoms with E-state index in [0.29, 0.717) is 29.6 Å². The smallest absolute Gasteiger partial charge is 0.194 e. The number of H-pyrrole nitrogens is 1. The largest absolute Gasteiger partial charge is 0.358 e. The van der Waals surface area contributed by atoms with Gasteiger partial charge >= 0.3 is 0 Å². The Morgan fingerprint density at radius 1 is 1.47 bits per heavy atom. The van der Waals surface area contributed by atoms with Gasteiger partial charge in [-0.2, -0.15) is 0 Å². The second kappa shape index (κ2) is 4.52. The van der Waals surface area contributed by atoms with E-state index in [9.17, 15) is 9.18 Å². The van der Waals surface area contributed by atoms with Gasteiger partial charge in [-0.1, -0.05) is 5.92 Å². The summed E-state index contributed by atoms with van der Waals surface area (Å²) in [7, 11) is 0. The normalized spacial score (nSPS) is 15.2. The fraction of sp³-hybridized carbons (Fsp3) is 0.267. The summed E-state index contributed by atoms with van der Waals surface area (Å²) in [5.41, 5.74) is 2.25. The summed E-state index contributed by atoms with van der Waals surface area (Å²) >= 11 is 0. The van der Waals surface area contributed by atoms with Gasteiger partial charge in [0.1, 0.15) is 5.82 Å². The standard InChI is InChI=1S/C15H13FN2O/c1-2-6-18-7-5-14-12(9-18)15(19)11-8-10(16)3-4-13(11)17-14/h1,3-4,8H,5-7,9H2,(H,17,19). The predicted molar refractivity (Wildman–Crippen MR) is 72.3 cm³/mol. The van der Waals surface area contributed by atoms with Crippen LogP contribution in [-0.2, 0) is 13.0 Å². The molecule has 1 aliphatic rings. The molecule has 0 saturated carbocycles. The molecule has 2 aromatic rings. The van der Waals surface area contributed by atoms with E-state index in [1.165, 1.54) is 12.1 Å². The van der Waals surface area contributed by atoms with Crippen LogP contribution >= 0.6 is 0 Å². The second-order valence-electron chi connectivity index (χ2n) is 4.77. The van der Waals surface area contributed by atoms with Crippen LogP contribution < -0.4 is 5.43 Å². The Morgan fingerprint density at radius 2 is 2.32 bits per heavy atom. The second-order valence-corrected chi connectivity index (χ2v) is 4.77. The van der Waals surface area contributed by atoms with Crippen molar-refractivity contribution in [2.45, 2.75) is 13.0 Å². The van der Waals surface area contributed by atoms with Gasteiger partial charge in [-0.3, -0.25) is 9.69 Å². The Labute approximate surface area is 110 Å². The minimum atomic E-state index is -0.394. The van der Waals surface area contributed by atoms with Crippen molar-refractivity contribution in [1.82, 2.24) is 9.88 Å². The van der Waals surface area contributed by atoms with E-state index in [-0.39, 0.29) is 5.43 Å². The molecule has 0 bridgehead atoms. The van der Waals surface area contributed by atoms with E-state index < -0.39 is 5.82 Å². The molecular formula is C15H13FN2O. The lowest BCUT2D eigenvalue weighted by atomic mass is 10.0. The number of halogens is 1. The Kier molecular flexibility index (Phi) is 2.84. The number of benzene rings is 1. The quantitative estimate of drug-likeness (QED) is 0.788. The number of rotatable bonds is 1. The van der Waals surface area contributed by atoms with Crippen LogP contribution in [0.2, 0.25) is 0 Å². The van der Waals surface area contributed by atoms with Crippen molar-refractivity contribution in [2.75, 3.05) is 13.1 Å². The average Bonchev–Trinajstić information content (AvgIpc) is 2.41. The zero-order valence-electron chi connectivity index (χ0n) is 10.4. The molecular weight excluding hydrogens is 243 g/mol. The first kappa shape index (κ1) is 11.9. The molecule has 0 radical (unpaired) electrons. The van der Waals surface area contributed by atoms with E-state index >= 15 is 0 Å². The maximum absolute atomic E-state index is 13.3. The van der Waals surface area contributed by atoms with Crippen LogP contribution in [0.25, 0.3) is 10.9 Å². The van der Waals surface area contributed by atoms with Gasteiger partial charge in [-0.05, 0) is 18.2 Å². The maximum Gasteiger partial charge on any atom is 0.194 e. The van der Waals surface area contributed by atoms with Crippen molar-refractivity contribution in [3.8, 4) is 12.3 Å². The Balaban J connectivity index is 2.16. The van der Waals surface area contributed by atoms with E-state index in [1.54, 1.807) is 6.07 Å². The number of fused-ring (bicyclic) bond motifs is 2. The van der Waals surface area contributed by atoms with E-state index in [2.05, 4.69) is 10.9 Å². The van der Waals surface area contributed by atoms with Crippen LogP contribution in [0.5, 0.6) is 0 Å². The molecule has 0 aliphatic carbocycles. The van der Waals surface area contributed by atoms with E-state index in [0.717, 1.165) is 18.7 Å². The highest BCUT2D eigenvalue weighted by Crippen LogP contribution is 2.18. The fourth-order valence-electron chi connectivity index (χ4n) is 2.57. The Bertz CT molecular complexity index is 742. The number of aromatic amines is 1. The summed E-state index contributed by atoms with van der Waals surface area (Å²) in [6.45, 7) is 1.89. The van der Waals surface area contributed by atoms with Crippen molar-refractivity contribution < 1.29 is 4.39 Å². The van der Waals surface area contributed by atoms with E-state index in [4.69, 9.17) is 6.42 Å². The molecule has 0 saturated heterocycles. The lowest BCUT2D eigenvalue weighted by Crippen LogP contribution is -2.35. The van der Waals surface area contributed by atoms with Crippen LogP contribution in [0.15, 0.2) is 23.0 Å². The zero-order valence-corrected chi connectivity index (χ0v) is 10.4. The van der Waals surface area contributed by atoms with Gasteiger partial charge < -0.3 is 4.98 Å². The van der Waals surface area contributed by atoms with Crippen molar-refractivity contribution >= 4 is 10.9 Å². The maximum atomic E-state index is 13.3. The van der Waals surface area contributed by atoms with Crippen LogP contribution in [-0.4, -0.2) is 23.0 Å². The summed E-state index contributed by atoms with van der Waals surface area (Å²) in [6, 6.07) is 4.26. The summed E-state index contributed by atoms with van der Waals surface area (Å²) in [4.78, 5) is 17.7. The van der Waals surface area contributed by atoms with E-state index in [1.807, 2.05) is 4.90 Å². The molecule has 0 amide bonds. The third-order valence-electron chi connectivity index (χ3n) is 3.52. The minimum absolute atomic E-state index is 0.0926. The molecule has 1 aromatic heterocycles.